The zero-order valence-corrected chi connectivity index (χ0v) is 13.2. The Morgan fingerprint density at radius 3 is 2.76 bits per heavy atom. The van der Waals surface area contributed by atoms with Gasteiger partial charge in [-0.3, -0.25) is 0 Å². The van der Waals surface area contributed by atoms with Gasteiger partial charge in [-0.15, -0.1) is 11.3 Å². The van der Waals surface area contributed by atoms with Crippen LogP contribution in [0.25, 0.3) is 0 Å². The Morgan fingerprint density at radius 2 is 2.29 bits per heavy atom. The molecule has 1 atom stereocenters. The average molecular weight is 359 g/mol. The highest BCUT2D eigenvalue weighted by atomic mass is 79.9. The predicted molar refractivity (Wildman–Crippen MR) is 74.2 cm³/mol. The second-order valence-electron chi connectivity index (χ2n) is 4.39. The van der Waals surface area contributed by atoms with E-state index in [1.54, 1.807) is 0 Å². The van der Waals surface area contributed by atoms with Crippen molar-refractivity contribution < 1.29 is 8.42 Å². The molecule has 0 spiro atoms. The number of hydrogen-bond donors (Lipinski definition) is 1. The zero-order valence-electron chi connectivity index (χ0n) is 9.24. The smallest absolute Gasteiger partial charge is 0.208 e. The van der Waals surface area contributed by atoms with Gasteiger partial charge >= 0.3 is 0 Å². The fourth-order valence-electron chi connectivity index (χ4n) is 1.68. The van der Waals surface area contributed by atoms with Crippen LogP contribution in [0.4, 0.5) is 0 Å². The third-order valence-electron chi connectivity index (χ3n) is 2.63. The Labute approximate surface area is 119 Å². The van der Waals surface area contributed by atoms with E-state index in [4.69, 9.17) is 11.6 Å². The maximum atomic E-state index is 12.0. The molecule has 1 fully saturated rings. The summed E-state index contributed by atoms with van der Waals surface area (Å²) >= 11 is 10.2. The van der Waals surface area contributed by atoms with E-state index in [0.717, 1.165) is 17.8 Å². The van der Waals surface area contributed by atoms with Gasteiger partial charge < -0.3 is 0 Å². The van der Waals surface area contributed by atoms with Gasteiger partial charge in [0.05, 0.1) is 8.81 Å². The molecule has 1 heterocycles. The van der Waals surface area contributed by atoms with Gasteiger partial charge in [-0.05, 0) is 41.3 Å². The Bertz CT molecular complexity index is 491. The van der Waals surface area contributed by atoms with Gasteiger partial charge in [0.2, 0.25) is 10.0 Å². The molecular formula is C10H13BrClNO2S2. The highest BCUT2D eigenvalue weighted by molar-refractivity contribution is 9.11. The molecule has 2 rings (SSSR count). The van der Waals surface area contributed by atoms with Gasteiger partial charge in [-0.25, -0.2) is 13.1 Å². The van der Waals surface area contributed by atoms with E-state index >= 15 is 0 Å². The zero-order chi connectivity index (χ0) is 12.6. The fraction of sp³-hybridized carbons (Fsp3) is 0.600. The molecule has 1 aromatic heterocycles. The molecule has 1 aliphatic rings. The molecule has 0 aromatic carbocycles. The van der Waals surface area contributed by atoms with Crippen molar-refractivity contribution in [3.05, 3.63) is 14.9 Å². The van der Waals surface area contributed by atoms with Crippen LogP contribution in [-0.2, 0) is 10.0 Å². The second-order valence-corrected chi connectivity index (χ2v) is 9.11. The molecule has 0 aliphatic heterocycles. The van der Waals surface area contributed by atoms with Crippen LogP contribution in [0, 0.1) is 5.92 Å². The Balaban J connectivity index is 2.06. The third kappa shape index (κ3) is 3.67. The van der Waals surface area contributed by atoms with Crippen LogP contribution in [-0.4, -0.2) is 14.5 Å². The molecule has 0 radical (unpaired) electrons. The number of thiophene rings is 1. The summed E-state index contributed by atoms with van der Waals surface area (Å²) < 4.78 is 27.7. The van der Waals surface area contributed by atoms with Gasteiger partial charge in [0.25, 0.3) is 0 Å². The first kappa shape index (κ1) is 13.8. The summed E-state index contributed by atoms with van der Waals surface area (Å²) in [5.74, 6) is 0.700. The summed E-state index contributed by atoms with van der Waals surface area (Å²) in [5.41, 5.74) is 0. The highest BCUT2D eigenvalue weighted by Crippen LogP contribution is 2.36. The minimum absolute atomic E-state index is 0.0212. The van der Waals surface area contributed by atoms with Crippen molar-refractivity contribution in [1.29, 1.82) is 0 Å². The van der Waals surface area contributed by atoms with Crippen LogP contribution in [0.2, 0.25) is 5.02 Å². The van der Waals surface area contributed by atoms with E-state index < -0.39 is 10.0 Å². The van der Waals surface area contributed by atoms with Gasteiger partial charge in [0.15, 0.2) is 0 Å². The number of sulfonamides is 1. The van der Waals surface area contributed by atoms with E-state index in [9.17, 15) is 8.42 Å². The van der Waals surface area contributed by atoms with E-state index in [2.05, 4.69) is 20.7 Å². The lowest BCUT2D eigenvalue weighted by Gasteiger charge is -2.12. The number of halogens is 2. The first-order valence-corrected chi connectivity index (χ1v) is 8.82. The minimum Gasteiger partial charge on any atom is -0.208 e. The van der Waals surface area contributed by atoms with E-state index in [1.165, 1.54) is 18.9 Å². The van der Waals surface area contributed by atoms with Gasteiger partial charge in [0, 0.05) is 6.04 Å². The molecule has 1 aromatic rings. The summed E-state index contributed by atoms with van der Waals surface area (Å²) in [6.07, 6.45) is 3.37. The van der Waals surface area contributed by atoms with Crippen molar-refractivity contribution in [2.45, 2.75) is 36.4 Å². The van der Waals surface area contributed by atoms with E-state index in [-0.39, 0.29) is 10.3 Å². The summed E-state index contributed by atoms with van der Waals surface area (Å²) in [7, 11) is -3.42. The molecule has 1 N–H and O–H groups in total. The van der Waals surface area contributed by atoms with Crippen LogP contribution >= 0.6 is 38.9 Å². The van der Waals surface area contributed by atoms with Crippen LogP contribution < -0.4 is 4.72 Å². The van der Waals surface area contributed by atoms with Crippen molar-refractivity contribution in [3.63, 3.8) is 0 Å². The maximum Gasteiger partial charge on any atom is 0.250 e. The van der Waals surface area contributed by atoms with Crippen molar-refractivity contribution in [1.82, 2.24) is 4.72 Å². The van der Waals surface area contributed by atoms with Crippen molar-refractivity contribution in [2.24, 2.45) is 5.92 Å². The Morgan fingerprint density at radius 1 is 1.65 bits per heavy atom. The summed E-state index contributed by atoms with van der Waals surface area (Å²) in [6, 6.07) is 1.45. The van der Waals surface area contributed by atoms with E-state index in [0.29, 0.717) is 14.7 Å². The van der Waals surface area contributed by atoms with Crippen molar-refractivity contribution in [3.8, 4) is 0 Å². The molecule has 1 saturated carbocycles. The van der Waals surface area contributed by atoms with Gasteiger partial charge in [0.1, 0.15) is 4.21 Å². The number of hydrogen-bond acceptors (Lipinski definition) is 3. The first-order valence-electron chi connectivity index (χ1n) is 5.35. The Kier molecular flexibility index (Phi) is 4.20. The molecule has 3 nitrogen and oxygen atoms in total. The third-order valence-corrected chi connectivity index (χ3v) is 7.17. The fourth-order valence-corrected chi connectivity index (χ4v) is 5.36. The van der Waals surface area contributed by atoms with Crippen LogP contribution in [0.3, 0.4) is 0 Å². The van der Waals surface area contributed by atoms with Crippen LogP contribution in [0.5, 0.6) is 0 Å². The molecule has 17 heavy (non-hydrogen) atoms. The van der Waals surface area contributed by atoms with Gasteiger partial charge in [-0.2, -0.15) is 0 Å². The normalized spacial score (nSPS) is 18.3. The molecule has 0 bridgehead atoms. The predicted octanol–water partition coefficient (Wildman–Crippen LogP) is 3.63. The van der Waals surface area contributed by atoms with Crippen LogP contribution in [0.1, 0.15) is 26.2 Å². The lowest BCUT2D eigenvalue weighted by atomic mass is 10.2. The number of nitrogens with one attached hydrogen (secondary N) is 1. The van der Waals surface area contributed by atoms with Crippen LogP contribution in [0.15, 0.2) is 14.1 Å². The quantitative estimate of drug-likeness (QED) is 0.873. The maximum absolute atomic E-state index is 12.0. The largest absolute Gasteiger partial charge is 0.250 e. The summed E-state index contributed by atoms with van der Waals surface area (Å²) in [4.78, 5) is 0. The first-order chi connectivity index (χ1) is 7.88. The highest BCUT2D eigenvalue weighted by Gasteiger charge is 2.27. The molecular weight excluding hydrogens is 346 g/mol. The van der Waals surface area contributed by atoms with Crippen molar-refractivity contribution >= 4 is 48.9 Å². The SMILES string of the molecule is CC(CC1CC1)NS(=O)(=O)c1cc(Cl)c(Br)s1. The van der Waals surface area contributed by atoms with E-state index in [1.807, 2.05) is 6.92 Å². The molecule has 0 amide bonds. The topological polar surface area (TPSA) is 46.2 Å². The average Bonchev–Trinajstić information content (AvgIpc) is 2.92. The monoisotopic (exact) mass is 357 g/mol. The molecule has 7 heteroatoms. The minimum atomic E-state index is -3.42. The summed E-state index contributed by atoms with van der Waals surface area (Å²) in [6.45, 7) is 1.90. The molecule has 96 valence electrons. The lowest BCUT2D eigenvalue weighted by Crippen LogP contribution is -2.32. The van der Waals surface area contributed by atoms with Crippen molar-refractivity contribution in [2.75, 3.05) is 0 Å². The molecule has 1 unspecified atom stereocenters. The Hall–Kier alpha value is 0.380. The standard InChI is InChI=1S/C10H13BrClNO2S2/c1-6(4-7-2-3-7)13-17(14,15)9-5-8(12)10(11)16-9/h5-7,13H,2-4H2,1H3. The second kappa shape index (κ2) is 5.17. The molecule has 1 aliphatic carbocycles. The summed E-state index contributed by atoms with van der Waals surface area (Å²) in [5, 5.41) is 0.435. The molecule has 0 saturated heterocycles. The lowest BCUT2D eigenvalue weighted by molar-refractivity contribution is 0.531. The number of rotatable bonds is 5. The van der Waals surface area contributed by atoms with Gasteiger partial charge in [-0.1, -0.05) is 24.4 Å².